The number of rotatable bonds is 7. The van der Waals surface area contributed by atoms with Crippen molar-refractivity contribution in [2.75, 3.05) is 0 Å². The van der Waals surface area contributed by atoms with Gasteiger partial charge in [-0.3, -0.25) is 4.79 Å². The molecule has 0 saturated carbocycles. The summed E-state index contributed by atoms with van der Waals surface area (Å²) in [5, 5.41) is 9.35. The lowest BCUT2D eigenvalue weighted by atomic mass is 9.77. The van der Waals surface area contributed by atoms with E-state index in [1.807, 2.05) is 13.8 Å². The zero-order valence-electron chi connectivity index (χ0n) is 14.7. The van der Waals surface area contributed by atoms with E-state index < -0.39 is 23.2 Å². The fraction of sp³-hybridized carbons (Fsp3) is 0.611. The van der Waals surface area contributed by atoms with Gasteiger partial charge in [-0.05, 0) is 57.2 Å². The summed E-state index contributed by atoms with van der Waals surface area (Å²) in [5.41, 5.74) is -2.23. The van der Waals surface area contributed by atoms with Crippen LogP contribution in [0.2, 0.25) is 0 Å². The zero-order chi connectivity index (χ0) is 18.8. The van der Waals surface area contributed by atoms with Crippen molar-refractivity contribution in [3.05, 3.63) is 29.8 Å². The summed E-state index contributed by atoms with van der Waals surface area (Å²) >= 11 is 0. The molecule has 3 nitrogen and oxygen atoms in total. The van der Waals surface area contributed by atoms with E-state index in [0.29, 0.717) is 12.8 Å². The molecule has 2 unspecified atom stereocenters. The number of aliphatic carboxylic acids is 1. The van der Waals surface area contributed by atoms with Crippen molar-refractivity contribution in [2.45, 2.75) is 65.2 Å². The maximum atomic E-state index is 12.8. The molecular formula is C18H25F3O3. The van der Waals surface area contributed by atoms with Crippen molar-refractivity contribution in [1.29, 1.82) is 0 Å². The molecule has 0 spiro atoms. The summed E-state index contributed by atoms with van der Waals surface area (Å²) in [4.78, 5) is 11.4. The number of carbonyl (C=O) groups is 1. The quantitative estimate of drug-likeness (QED) is 0.719. The van der Waals surface area contributed by atoms with E-state index in [2.05, 4.69) is 0 Å². The lowest BCUT2D eigenvalue weighted by molar-refractivity contribution is -0.234. The van der Waals surface area contributed by atoms with Gasteiger partial charge in [0.25, 0.3) is 0 Å². The fourth-order valence-electron chi connectivity index (χ4n) is 2.39. The largest absolute Gasteiger partial charge is 0.481 e. The molecule has 1 aromatic carbocycles. The molecule has 0 radical (unpaired) electrons. The van der Waals surface area contributed by atoms with Gasteiger partial charge in [0, 0.05) is 0 Å². The second kappa shape index (κ2) is 7.03. The minimum atomic E-state index is -4.47. The SMILES string of the molecule is CCC(C)(CC(C)c1ccc(OC(C)(C)C(F)(F)F)cc1)C(=O)O. The van der Waals surface area contributed by atoms with Gasteiger partial charge in [0.2, 0.25) is 0 Å². The lowest BCUT2D eigenvalue weighted by Crippen LogP contribution is -2.44. The molecule has 0 saturated heterocycles. The molecule has 1 N–H and O–H groups in total. The van der Waals surface area contributed by atoms with Crippen molar-refractivity contribution < 1.29 is 27.8 Å². The standard InChI is InChI=1S/C18H25F3O3/c1-6-17(5,15(22)23)11-12(2)13-7-9-14(10-8-13)24-16(3,4)18(19,20)21/h7-10,12H,6,11H2,1-5H3,(H,22,23). The van der Waals surface area contributed by atoms with E-state index in [4.69, 9.17) is 4.74 Å². The van der Waals surface area contributed by atoms with E-state index in [1.165, 1.54) is 12.1 Å². The van der Waals surface area contributed by atoms with Crippen LogP contribution in [0.4, 0.5) is 13.2 Å². The minimum absolute atomic E-state index is 0.0317. The number of carboxylic acid groups (broad SMARTS) is 1. The molecular weight excluding hydrogens is 321 g/mol. The second-order valence-corrected chi connectivity index (χ2v) is 7.00. The third kappa shape index (κ3) is 4.65. The van der Waals surface area contributed by atoms with Crippen molar-refractivity contribution in [1.82, 2.24) is 0 Å². The van der Waals surface area contributed by atoms with Gasteiger partial charge in [-0.25, -0.2) is 0 Å². The van der Waals surface area contributed by atoms with E-state index in [9.17, 15) is 23.1 Å². The maximum Gasteiger partial charge on any atom is 0.427 e. The minimum Gasteiger partial charge on any atom is -0.481 e. The fourth-order valence-corrected chi connectivity index (χ4v) is 2.39. The maximum absolute atomic E-state index is 12.8. The van der Waals surface area contributed by atoms with Crippen LogP contribution < -0.4 is 4.74 Å². The summed E-state index contributed by atoms with van der Waals surface area (Å²) in [6.07, 6.45) is -3.51. The molecule has 0 aliphatic carbocycles. The highest BCUT2D eigenvalue weighted by atomic mass is 19.4. The summed E-state index contributed by atoms with van der Waals surface area (Å²) < 4.78 is 43.6. The first-order valence-electron chi connectivity index (χ1n) is 7.91. The Morgan fingerprint density at radius 1 is 1.17 bits per heavy atom. The van der Waals surface area contributed by atoms with E-state index in [-0.39, 0.29) is 11.7 Å². The molecule has 0 heterocycles. The lowest BCUT2D eigenvalue weighted by Gasteiger charge is -2.29. The number of hydrogen-bond acceptors (Lipinski definition) is 2. The number of carboxylic acids is 1. The molecule has 0 fully saturated rings. The topological polar surface area (TPSA) is 46.5 Å². The van der Waals surface area contributed by atoms with Gasteiger partial charge in [-0.1, -0.05) is 26.0 Å². The average Bonchev–Trinajstić information content (AvgIpc) is 2.45. The molecule has 136 valence electrons. The molecule has 0 aliphatic heterocycles. The van der Waals surface area contributed by atoms with Crippen molar-refractivity contribution in [2.24, 2.45) is 5.41 Å². The normalized spacial score (nSPS) is 16.3. The average molecular weight is 346 g/mol. The van der Waals surface area contributed by atoms with Gasteiger partial charge < -0.3 is 9.84 Å². The van der Waals surface area contributed by atoms with Crippen LogP contribution >= 0.6 is 0 Å². The molecule has 0 aliphatic rings. The zero-order valence-corrected chi connectivity index (χ0v) is 14.7. The Labute approximate surface area is 140 Å². The number of hydrogen-bond donors (Lipinski definition) is 1. The Balaban J connectivity index is 2.86. The highest BCUT2D eigenvalue weighted by molar-refractivity contribution is 5.74. The van der Waals surface area contributed by atoms with Gasteiger partial charge in [0.05, 0.1) is 5.41 Å². The summed E-state index contributed by atoms with van der Waals surface area (Å²) in [6.45, 7) is 7.39. The highest BCUT2D eigenvalue weighted by Gasteiger charge is 2.49. The first kappa shape index (κ1) is 20.3. The van der Waals surface area contributed by atoms with Gasteiger partial charge in [-0.15, -0.1) is 0 Å². The molecule has 2 atom stereocenters. The summed E-state index contributed by atoms with van der Waals surface area (Å²) in [7, 11) is 0. The molecule has 0 aromatic heterocycles. The smallest absolute Gasteiger partial charge is 0.427 e. The molecule has 6 heteroatoms. The Hall–Kier alpha value is -1.72. The molecule has 1 aromatic rings. The van der Waals surface area contributed by atoms with Crippen molar-refractivity contribution in [3.63, 3.8) is 0 Å². The third-order valence-corrected chi connectivity index (χ3v) is 4.56. The molecule has 24 heavy (non-hydrogen) atoms. The first-order valence-corrected chi connectivity index (χ1v) is 7.91. The first-order chi connectivity index (χ1) is 10.8. The monoisotopic (exact) mass is 346 g/mol. The van der Waals surface area contributed by atoms with Gasteiger partial charge in [0.15, 0.2) is 5.60 Å². The predicted octanol–water partition coefficient (Wildman–Crippen LogP) is 5.40. The second-order valence-electron chi connectivity index (χ2n) is 7.00. The number of halogens is 3. The molecule has 0 amide bonds. The summed E-state index contributed by atoms with van der Waals surface area (Å²) in [6, 6.07) is 6.35. The van der Waals surface area contributed by atoms with Crippen LogP contribution in [0.15, 0.2) is 24.3 Å². The van der Waals surface area contributed by atoms with Crippen LogP contribution in [0.3, 0.4) is 0 Å². The van der Waals surface area contributed by atoms with Crippen molar-refractivity contribution in [3.8, 4) is 5.75 Å². The van der Waals surface area contributed by atoms with Crippen LogP contribution in [0.25, 0.3) is 0 Å². The number of ether oxygens (including phenoxy) is 1. The van der Waals surface area contributed by atoms with E-state index in [0.717, 1.165) is 19.4 Å². The van der Waals surface area contributed by atoms with Crippen LogP contribution in [0, 0.1) is 5.41 Å². The number of alkyl halides is 3. The van der Waals surface area contributed by atoms with Gasteiger partial charge >= 0.3 is 12.1 Å². The van der Waals surface area contributed by atoms with Gasteiger partial charge in [0.1, 0.15) is 5.75 Å². The highest BCUT2D eigenvalue weighted by Crippen LogP contribution is 2.37. The van der Waals surface area contributed by atoms with Crippen LogP contribution in [0.5, 0.6) is 5.75 Å². The predicted molar refractivity (Wildman–Crippen MR) is 86.3 cm³/mol. The van der Waals surface area contributed by atoms with E-state index >= 15 is 0 Å². The Kier molecular flexibility index (Phi) is 5.95. The Bertz CT molecular complexity index is 564. The Morgan fingerprint density at radius 2 is 1.67 bits per heavy atom. The van der Waals surface area contributed by atoms with Gasteiger partial charge in [-0.2, -0.15) is 13.2 Å². The molecule has 0 bridgehead atoms. The van der Waals surface area contributed by atoms with Crippen LogP contribution in [-0.2, 0) is 4.79 Å². The third-order valence-electron chi connectivity index (χ3n) is 4.56. The van der Waals surface area contributed by atoms with E-state index in [1.54, 1.807) is 19.1 Å². The van der Waals surface area contributed by atoms with Crippen molar-refractivity contribution >= 4 is 5.97 Å². The number of benzene rings is 1. The van der Waals surface area contributed by atoms with Crippen LogP contribution in [-0.4, -0.2) is 22.9 Å². The Morgan fingerprint density at radius 3 is 2.04 bits per heavy atom. The molecule has 1 rings (SSSR count). The summed E-state index contributed by atoms with van der Waals surface area (Å²) in [5.74, 6) is -0.746. The van der Waals surface area contributed by atoms with Crippen LogP contribution in [0.1, 0.15) is 58.9 Å².